The molecule has 0 aliphatic carbocycles. The minimum Gasteiger partial charge on any atom is -0.376 e. The molecule has 0 aliphatic heterocycles. The lowest BCUT2D eigenvalue weighted by Crippen LogP contribution is -2.37. The van der Waals surface area contributed by atoms with Crippen LogP contribution in [0.15, 0.2) is 66.6 Å². The number of rotatable bonds is 9. The second-order valence-corrected chi connectivity index (χ2v) is 6.90. The van der Waals surface area contributed by atoms with E-state index < -0.39 is 0 Å². The Morgan fingerprint density at radius 1 is 1.14 bits per heavy atom. The predicted molar refractivity (Wildman–Crippen MR) is 111 cm³/mol. The van der Waals surface area contributed by atoms with Gasteiger partial charge in [0.15, 0.2) is 0 Å². The average molecular weight is 377 g/mol. The summed E-state index contributed by atoms with van der Waals surface area (Å²) >= 11 is 0. The van der Waals surface area contributed by atoms with E-state index in [1.165, 1.54) is 5.56 Å². The number of benzene rings is 1. The van der Waals surface area contributed by atoms with Crippen molar-refractivity contribution in [2.24, 2.45) is 0 Å². The monoisotopic (exact) mass is 376 g/mol. The molecule has 0 bridgehead atoms. The Labute approximate surface area is 167 Å². The molecule has 0 aliphatic rings. The standard InChI is InChI=1S/C23H28N4O/c1-4-26(15-12-20-10-13-25-14-11-20)18-22(16-24)23(28)27(19(2)3)17-21-8-6-5-7-9-21/h5-11,13-14,18-19H,4,12,15,17H2,1-3H3/b22-18-. The first-order valence-electron chi connectivity index (χ1n) is 9.65. The van der Waals surface area contributed by atoms with Crippen molar-refractivity contribution >= 4 is 5.91 Å². The number of carbonyl (C=O) groups is 1. The van der Waals surface area contributed by atoms with Gasteiger partial charge in [-0.1, -0.05) is 30.3 Å². The largest absolute Gasteiger partial charge is 0.376 e. The van der Waals surface area contributed by atoms with Gasteiger partial charge in [-0.2, -0.15) is 5.26 Å². The summed E-state index contributed by atoms with van der Waals surface area (Å²) in [4.78, 5) is 20.8. The van der Waals surface area contributed by atoms with E-state index in [9.17, 15) is 10.1 Å². The second-order valence-electron chi connectivity index (χ2n) is 6.90. The molecule has 146 valence electrons. The highest BCUT2D eigenvalue weighted by Crippen LogP contribution is 2.13. The molecule has 1 heterocycles. The molecule has 0 atom stereocenters. The molecule has 2 rings (SSSR count). The molecular formula is C23H28N4O. The maximum Gasteiger partial charge on any atom is 0.266 e. The van der Waals surface area contributed by atoms with Gasteiger partial charge in [-0.15, -0.1) is 0 Å². The van der Waals surface area contributed by atoms with Gasteiger partial charge in [0.1, 0.15) is 11.6 Å². The maximum atomic E-state index is 13.0. The number of nitriles is 1. The van der Waals surface area contributed by atoms with E-state index in [1.807, 2.05) is 68.1 Å². The molecule has 5 heteroatoms. The lowest BCUT2D eigenvalue weighted by molar-refractivity contribution is -0.129. The minimum atomic E-state index is -0.233. The number of amides is 1. The molecule has 0 saturated carbocycles. The molecule has 0 N–H and O–H groups in total. The Kier molecular flexibility index (Phi) is 8.23. The van der Waals surface area contributed by atoms with Crippen molar-refractivity contribution in [1.82, 2.24) is 14.8 Å². The van der Waals surface area contributed by atoms with Crippen LogP contribution in [0.2, 0.25) is 0 Å². The van der Waals surface area contributed by atoms with Crippen LogP contribution in [0.3, 0.4) is 0 Å². The lowest BCUT2D eigenvalue weighted by atomic mass is 10.1. The topological polar surface area (TPSA) is 60.2 Å². The van der Waals surface area contributed by atoms with Gasteiger partial charge in [0.25, 0.3) is 5.91 Å². The smallest absolute Gasteiger partial charge is 0.266 e. The summed E-state index contributed by atoms with van der Waals surface area (Å²) in [7, 11) is 0. The van der Waals surface area contributed by atoms with Gasteiger partial charge in [-0.25, -0.2) is 0 Å². The Hall–Kier alpha value is -3.13. The van der Waals surface area contributed by atoms with Crippen molar-refractivity contribution in [2.75, 3.05) is 13.1 Å². The van der Waals surface area contributed by atoms with Crippen LogP contribution in [0.25, 0.3) is 0 Å². The van der Waals surface area contributed by atoms with Crippen LogP contribution in [0.1, 0.15) is 31.9 Å². The first-order valence-corrected chi connectivity index (χ1v) is 9.65. The van der Waals surface area contributed by atoms with E-state index >= 15 is 0 Å². The van der Waals surface area contributed by atoms with E-state index in [4.69, 9.17) is 0 Å². The van der Waals surface area contributed by atoms with Crippen molar-refractivity contribution in [2.45, 2.75) is 39.8 Å². The Morgan fingerprint density at radius 3 is 2.39 bits per heavy atom. The van der Waals surface area contributed by atoms with Crippen LogP contribution in [-0.2, 0) is 17.8 Å². The van der Waals surface area contributed by atoms with Gasteiger partial charge in [-0.3, -0.25) is 9.78 Å². The molecule has 0 unspecified atom stereocenters. The summed E-state index contributed by atoms with van der Waals surface area (Å²) in [6.07, 6.45) is 6.08. The van der Waals surface area contributed by atoms with Gasteiger partial charge in [0.05, 0.1) is 0 Å². The lowest BCUT2D eigenvalue weighted by Gasteiger charge is -2.27. The second kappa shape index (κ2) is 10.9. The Bertz CT molecular complexity index is 810. The quantitative estimate of drug-likeness (QED) is 0.493. The summed E-state index contributed by atoms with van der Waals surface area (Å²) in [6, 6.07) is 15.9. The third kappa shape index (κ3) is 6.24. The van der Waals surface area contributed by atoms with Crippen LogP contribution in [-0.4, -0.2) is 39.8 Å². The number of nitrogens with zero attached hydrogens (tertiary/aromatic N) is 4. The van der Waals surface area contributed by atoms with Crippen LogP contribution < -0.4 is 0 Å². The van der Waals surface area contributed by atoms with E-state index in [1.54, 1.807) is 23.5 Å². The summed E-state index contributed by atoms with van der Waals surface area (Å²) in [5.74, 6) is -0.233. The normalized spacial score (nSPS) is 11.2. The predicted octanol–water partition coefficient (Wildman–Crippen LogP) is 3.79. The maximum absolute atomic E-state index is 13.0. The van der Waals surface area contributed by atoms with Crippen LogP contribution >= 0.6 is 0 Å². The number of hydrogen-bond acceptors (Lipinski definition) is 4. The van der Waals surface area contributed by atoms with Crippen LogP contribution in [0, 0.1) is 11.3 Å². The molecule has 2 aromatic rings. The summed E-state index contributed by atoms with van der Waals surface area (Å²) in [5.41, 5.74) is 2.40. The highest BCUT2D eigenvalue weighted by molar-refractivity contribution is 5.97. The Morgan fingerprint density at radius 2 is 1.82 bits per heavy atom. The van der Waals surface area contributed by atoms with Gasteiger partial charge >= 0.3 is 0 Å². The minimum absolute atomic E-state index is 0.00338. The molecule has 0 radical (unpaired) electrons. The molecular weight excluding hydrogens is 348 g/mol. The van der Waals surface area contributed by atoms with Crippen molar-refractivity contribution in [1.29, 1.82) is 5.26 Å². The van der Waals surface area contributed by atoms with Crippen LogP contribution in [0.5, 0.6) is 0 Å². The molecule has 5 nitrogen and oxygen atoms in total. The number of likely N-dealkylation sites (N-methyl/N-ethyl adjacent to an activating group) is 1. The SMILES string of the molecule is CCN(/C=C(/C#N)C(=O)N(Cc1ccccc1)C(C)C)CCc1ccncc1. The first-order chi connectivity index (χ1) is 13.5. The molecule has 0 saturated heterocycles. The number of aromatic nitrogens is 1. The zero-order valence-electron chi connectivity index (χ0n) is 16.9. The van der Waals surface area contributed by atoms with Gasteiger partial charge < -0.3 is 9.80 Å². The molecule has 1 amide bonds. The number of pyridine rings is 1. The molecule has 1 aromatic heterocycles. The third-order valence-corrected chi connectivity index (χ3v) is 4.59. The van der Waals surface area contributed by atoms with Crippen molar-refractivity contribution in [3.8, 4) is 6.07 Å². The summed E-state index contributed by atoms with van der Waals surface area (Å²) in [5, 5.41) is 9.62. The van der Waals surface area contributed by atoms with E-state index in [0.717, 1.165) is 25.1 Å². The van der Waals surface area contributed by atoms with E-state index in [2.05, 4.69) is 11.1 Å². The number of hydrogen-bond donors (Lipinski definition) is 0. The van der Waals surface area contributed by atoms with Crippen molar-refractivity contribution in [3.05, 3.63) is 77.8 Å². The fraction of sp³-hybridized carbons (Fsp3) is 0.348. The van der Waals surface area contributed by atoms with Gasteiger partial charge in [-0.05, 0) is 50.5 Å². The highest BCUT2D eigenvalue weighted by Gasteiger charge is 2.22. The summed E-state index contributed by atoms with van der Waals surface area (Å²) in [6.45, 7) is 7.91. The van der Waals surface area contributed by atoms with Crippen molar-refractivity contribution in [3.63, 3.8) is 0 Å². The van der Waals surface area contributed by atoms with E-state index in [0.29, 0.717) is 6.54 Å². The molecule has 0 fully saturated rings. The molecule has 0 spiro atoms. The summed E-state index contributed by atoms with van der Waals surface area (Å²) < 4.78 is 0. The fourth-order valence-corrected chi connectivity index (χ4v) is 2.87. The zero-order valence-corrected chi connectivity index (χ0v) is 16.9. The van der Waals surface area contributed by atoms with Gasteiger partial charge in [0, 0.05) is 44.3 Å². The molecule has 1 aromatic carbocycles. The average Bonchev–Trinajstić information content (AvgIpc) is 2.73. The van der Waals surface area contributed by atoms with E-state index in [-0.39, 0.29) is 17.5 Å². The Balaban J connectivity index is 2.12. The fourth-order valence-electron chi connectivity index (χ4n) is 2.87. The van der Waals surface area contributed by atoms with Crippen molar-refractivity contribution < 1.29 is 4.79 Å². The highest BCUT2D eigenvalue weighted by atomic mass is 16.2. The number of carbonyl (C=O) groups excluding carboxylic acids is 1. The van der Waals surface area contributed by atoms with Gasteiger partial charge in [0.2, 0.25) is 0 Å². The zero-order chi connectivity index (χ0) is 20.4. The first kappa shape index (κ1) is 21.2. The van der Waals surface area contributed by atoms with Crippen LogP contribution in [0.4, 0.5) is 0 Å². The molecule has 28 heavy (non-hydrogen) atoms. The third-order valence-electron chi connectivity index (χ3n) is 4.59.